The fraction of sp³-hybridized carbons (Fsp3) is 0.444. The van der Waals surface area contributed by atoms with Crippen molar-refractivity contribution in [3.8, 4) is 6.07 Å². The molecule has 1 aromatic rings. The minimum atomic E-state index is -0.547. The van der Waals surface area contributed by atoms with Crippen LogP contribution in [0.5, 0.6) is 0 Å². The number of carbonyl (C=O) groups excluding carboxylic acids is 1. The van der Waals surface area contributed by atoms with E-state index in [1.165, 1.54) is 5.56 Å². The smallest absolute Gasteiger partial charge is 0.180 e. The highest BCUT2D eigenvalue weighted by Crippen LogP contribution is 2.36. The number of nitrogens with zero attached hydrogens (tertiary/aromatic N) is 2. The number of benzene rings is 1. The van der Waals surface area contributed by atoms with Gasteiger partial charge in [-0.25, -0.2) is 0 Å². The number of para-hydroxylation sites is 1. The first-order valence-electron chi connectivity index (χ1n) is 7.30. The second-order valence-electron chi connectivity index (χ2n) is 6.70. The number of hydrogen-bond donors (Lipinski definition) is 0. The molecule has 0 amide bonds. The number of rotatable bonds is 2. The molecule has 0 aliphatic carbocycles. The average molecular weight is 282 g/mol. The van der Waals surface area contributed by atoms with E-state index in [0.29, 0.717) is 0 Å². The molecule has 0 aromatic heterocycles. The van der Waals surface area contributed by atoms with Crippen LogP contribution in [-0.2, 0) is 11.2 Å². The summed E-state index contributed by atoms with van der Waals surface area (Å²) in [5.41, 5.74) is 2.86. The normalized spacial score (nSPS) is 18.9. The van der Waals surface area contributed by atoms with Gasteiger partial charge in [-0.3, -0.25) is 4.79 Å². The molecule has 0 saturated heterocycles. The molecule has 0 N–H and O–H groups in total. The standard InChI is InChI=1S/C18H22N2O/c1-12-10-14-8-6-7-9-16(14)20(12)13(2)15(11-19)17(21)18(3,4)5/h6-9,12H,10H2,1-5H3. The van der Waals surface area contributed by atoms with Crippen molar-refractivity contribution in [2.24, 2.45) is 5.41 Å². The third kappa shape index (κ3) is 2.71. The second kappa shape index (κ2) is 5.37. The van der Waals surface area contributed by atoms with Crippen molar-refractivity contribution < 1.29 is 4.79 Å². The Hall–Kier alpha value is -2.08. The van der Waals surface area contributed by atoms with E-state index < -0.39 is 5.41 Å². The highest BCUT2D eigenvalue weighted by molar-refractivity contribution is 6.03. The summed E-state index contributed by atoms with van der Waals surface area (Å²) in [7, 11) is 0. The first-order valence-corrected chi connectivity index (χ1v) is 7.30. The van der Waals surface area contributed by atoms with Crippen LogP contribution in [0.4, 0.5) is 5.69 Å². The molecule has 21 heavy (non-hydrogen) atoms. The summed E-state index contributed by atoms with van der Waals surface area (Å²) in [6, 6.07) is 10.6. The van der Waals surface area contributed by atoms with Gasteiger partial charge in [0.1, 0.15) is 11.6 Å². The number of nitriles is 1. The molecule has 110 valence electrons. The predicted octanol–water partition coefficient (Wildman–Crippen LogP) is 3.85. The van der Waals surface area contributed by atoms with E-state index in [0.717, 1.165) is 17.8 Å². The first-order chi connectivity index (χ1) is 9.77. The quantitative estimate of drug-likeness (QED) is 0.611. The van der Waals surface area contributed by atoms with E-state index in [1.54, 1.807) is 0 Å². The van der Waals surface area contributed by atoms with Crippen molar-refractivity contribution in [3.05, 3.63) is 41.1 Å². The van der Waals surface area contributed by atoms with Gasteiger partial charge in [0.25, 0.3) is 0 Å². The Balaban J connectivity index is 2.52. The SMILES string of the molecule is CC(=C(C#N)C(=O)C(C)(C)C)N1c2ccccc2CC1C. The highest BCUT2D eigenvalue weighted by atomic mass is 16.1. The topological polar surface area (TPSA) is 44.1 Å². The van der Waals surface area contributed by atoms with Gasteiger partial charge >= 0.3 is 0 Å². The van der Waals surface area contributed by atoms with Gasteiger partial charge in [-0.05, 0) is 31.9 Å². The predicted molar refractivity (Wildman–Crippen MR) is 84.9 cm³/mol. The number of Topliss-reactive ketones (excluding diaryl/α,β-unsaturated/α-hetero) is 1. The molecule has 1 aliphatic heterocycles. The fourth-order valence-corrected chi connectivity index (χ4v) is 2.87. The number of carbonyl (C=O) groups is 1. The summed E-state index contributed by atoms with van der Waals surface area (Å²) in [6.45, 7) is 9.55. The molecule has 1 aliphatic rings. The van der Waals surface area contributed by atoms with Crippen molar-refractivity contribution in [1.29, 1.82) is 5.26 Å². The lowest BCUT2D eigenvalue weighted by Gasteiger charge is -2.28. The maximum atomic E-state index is 12.5. The highest BCUT2D eigenvalue weighted by Gasteiger charge is 2.32. The fourth-order valence-electron chi connectivity index (χ4n) is 2.87. The molecular weight excluding hydrogens is 260 g/mol. The monoisotopic (exact) mass is 282 g/mol. The number of allylic oxidation sites excluding steroid dienone is 2. The minimum Gasteiger partial charge on any atom is -0.341 e. The van der Waals surface area contributed by atoms with Gasteiger partial charge in [-0.1, -0.05) is 39.0 Å². The summed E-state index contributed by atoms with van der Waals surface area (Å²) >= 11 is 0. The van der Waals surface area contributed by atoms with Gasteiger partial charge in [-0.2, -0.15) is 5.26 Å². The minimum absolute atomic E-state index is 0.0981. The lowest BCUT2D eigenvalue weighted by Crippen LogP contribution is -2.31. The summed E-state index contributed by atoms with van der Waals surface area (Å²) < 4.78 is 0. The van der Waals surface area contributed by atoms with Gasteiger partial charge in [0.2, 0.25) is 0 Å². The summed E-state index contributed by atoms with van der Waals surface area (Å²) in [4.78, 5) is 14.6. The first kappa shape index (κ1) is 15.3. The zero-order valence-corrected chi connectivity index (χ0v) is 13.4. The number of fused-ring (bicyclic) bond motifs is 1. The van der Waals surface area contributed by atoms with Crippen LogP contribution >= 0.6 is 0 Å². The van der Waals surface area contributed by atoms with Crippen LogP contribution in [0.1, 0.15) is 40.2 Å². The van der Waals surface area contributed by atoms with E-state index in [2.05, 4.69) is 30.0 Å². The van der Waals surface area contributed by atoms with Crippen molar-refractivity contribution in [2.45, 2.75) is 47.1 Å². The Bertz CT molecular complexity index is 644. The van der Waals surface area contributed by atoms with Crippen LogP contribution in [0.2, 0.25) is 0 Å². The van der Waals surface area contributed by atoms with Crippen LogP contribution in [-0.4, -0.2) is 11.8 Å². The Morgan fingerprint density at radius 2 is 1.95 bits per heavy atom. The van der Waals surface area contributed by atoms with Gasteiger partial charge in [0, 0.05) is 22.8 Å². The Labute approximate surface area is 126 Å². The molecule has 0 bridgehead atoms. The van der Waals surface area contributed by atoms with E-state index in [1.807, 2.05) is 39.8 Å². The van der Waals surface area contributed by atoms with Crippen molar-refractivity contribution in [1.82, 2.24) is 0 Å². The molecule has 3 heteroatoms. The van der Waals surface area contributed by atoms with Crippen LogP contribution in [0.25, 0.3) is 0 Å². The average Bonchev–Trinajstić information content (AvgIpc) is 2.73. The molecule has 0 spiro atoms. The molecule has 0 fully saturated rings. The van der Waals surface area contributed by atoms with Gasteiger partial charge in [0.05, 0.1) is 0 Å². The zero-order valence-electron chi connectivity index (χ0n) is 13.4. The van der Waals surface area contributed by atoms with E-state index >= 15 is 0 Å². The molecule has 3 nitrogen and oxygen atoms in total. The van der Waals surface area contributed by atoms with E-state index in [-0.39, 0.29) is 17.4 Å². The molecule has 0 radical (unpaired) electrons. The lowest BCUT2D eigenvalue weighted by atomic mass is 9.86. The summed E-state index contributed by atoms with van der Waals surface area (Å²) in [5, 5.41) is 9.47. The summed E-state index contributed by atoms with van der Waals surface area (Å²) in [5.74, 6) is -0.0981. The molecule has 1 aromatic carbocycles. The Morgan fingerprint density at radius 3 is 2.52 bits per heavy atom. The van der Waals surface area contributed by atoms with Crippen LogP contribution in [0.15, 0.2) is 35.5 Å². The Morgan fingerprint density at radius 1 is 1.33 bits per heavy atom. The molecule has 2 rings (SSSR count). The lowest BCUT2D eigenvalue weighted by molar-refractivity contribution is -0.122. The third-order valence-corrected chi connectivity index (χ3v) is 3.95. The largest absolute Gasteiger partial charge is 0.341 e. The maximum Gasteiger partial charge on any atom is 0.180 e. The third-order valence-electron chi connectivity index (χ3n) is 3.95. The van der Waals surface area contributed by atoms with E-state index in [9.17, 15) is 10.1 Å². The summed E-state index contributed by atoms with van der Waals surface area (Å²) in [6.07, 6.45) is 0.940. The molecular formula is C18H22N2O. The number of anilines is 1. The molecule has 0 saturated carbocycles. The van der Waals surface area contributed by atoms with Crippen LogP contribution in [0.3, 0.4) is 0 Å². The number of ketones is 1. The second-order valence-corrected chi connectivity index (χ2v) is 6.70. The van der Waals surface area contributed by atoms with Gasteiger partial charge < -0.3 is 4.90 Å². The zero-order chi connectivity index (χ0) is 15.8. The number of hydrogen-bond acceptors (Lipinski definition) is 3. The van der Waals surface area contributed by atoms with E-state index in [4.69, 9.17) is 0 Å². The van der Waals surface area contributed by atoms with Gasteiger partial charge in [-0.15, -0.1) is 0 Å². The maximum absolute atomic E-state index is 12.5. The molecule has 1 unspecified atom stereocenters. The van der Waals surface area contributed by atoms with Crippen molar-refractivity contribution >= 4 is 11.5 Å². The molecule has 1 heterocycles. The van der Waals surface area contributed by atoms with Crippen LogP contribution in [0, 0.1) is 16.7 Å². The van der Waals surface area contributed by atoms with Crippen LogP contribution < -0.4 is 4.90 Å². The van der Waals surface area contributed by atoms with Gasteiger partial charge in [0.15, 0.2) is 5.78 Å². The Kier molecular flexibility index (Phi) is 3.91. The van der Waals surface area contributed by atoms with Crippen molar-refractivity contribution in [2.75, 3.05) is 4.90 Å². The molecule has 1 atom stereocenters. The van der Waals surface area contributed by atoms with Crippen molar-refractivity contribution in [3.63, 3.8) is 0 Å².